The van der Waals surface area contributed by atoms with Gasteiger partial charge in [0.2, 0.25) is 0 Å². The summed E-state index contributed by atoms with van der Waals surface area (Å²) in [5.41, 5.74) is 2.17. The molecule has 0 unspecified atom stereocenters. The smallest absolute Gasteiger partial charge is 0.0766 e. The van der Waals surface area contributed by atoms with Crippen molar-refractivity contribution in [3.63, 3.8) is 0 Å². The zero-order chi connectivity index (χ0) is 12.1. The largest absolute Gasteiger partial charge is 0.311 e. The van der Waals surface area contributed by atoms with Crippen molar-refractivity contribution in [3.05, 3.63) is 42.2 Å². The Labute approximate surface area is 106 Å². The quantitative estimate of drug-likeness (QED) is 0.824. The Morgan fingerprint density at radius 1 is 1.24 bits per heavy atom. The molecule has 0 aliphatic heterocycles. The fourth-order valence-corrected chi connectivity index (χ4v) is 2.00. The van der Waals surface area contributed by atoms with Crippen molar-refractivity contribution in [3.8, 4) is 5.69 Å². The molecule has 2 aromatic rings. The van der Waals surface area contributed by atoms with Crippen molar-refractivity contribution in [2.45, 2.75) is 18.4 Å². The standard InChI is InChI=1S/C13H17N3S/c1-3-14-10-11-8-9-16(15-11)12-4-6-13(17-2)7-5-12/h4-9,14H,3,10H2,1-2H3. The van der Waals surface area contributed by atoms with Crippen LogP contribution in [0.3, 0.4) is 0 Å². The van der Waals surface area contributed by atoms with Crippen molar-refractivity contribution >= 4 is 11.8 Å². The maximum Gasteiger partial charge on any atom is 0.0766 e. The van der Waals surface area contributed by atoms with Crippen LogP contribution in [0.15, 0.2) is 41.4 Å². The first-order valence-electron chi connectivity index (χ1n) is 5.73. The molecule has 1 N–H and O–H groups in total. The van der Waals surface area contributed by atoms with Crippen LogP contribution in [0.5, 0.6) is 0 Å². The third-order valence-electron chi connectivity index (χ3n) is 2.54. The second kappa shape index (κ2) is 5.89. The normalized spacial score (nSPS) is 10.7. The van der Waals surface area contributed by atoms with E-state index in [0.717, 1.165) is 24.5 Å². The van der Waals surface area contributed by atoms with Crippen LogP contribution in [-0.4, -0.2) is 22.6 Å². The number of aromatic nitrogens is 2. The predicted molar refractivity (Wildman–Crippen MR) is 72.7 cm³/mol. The zero-order valence-corrected chi connectivity index (χ0v) is 11.0. The molecular formula is C13H17N3S. The van der Waals surface area contributed by atoms with Gasteiger partial charge in [0, 0.05) is 17.6 Å². The van der Waals surface area contributed by atoms with Crippen molar-refractivity contribution in [1.82, 2.24) is 15.1 Å². The van der Waals surface area contributed by atoms with Gasteiger partial charge in [0.25, 0.3) is 0 Å². The van der Waals surface area contributed by atoms with E-state index in [9.17, 15) is 0 Å². The van der Waals surface area contributed by atoms with Gasteiger partial charge in [0.15, 0.2) is 0 Å². The van der Waals surface area contributed by atoms with Gasteiger partial charge in [-0.2, -0.15) is 5.10 Å². The summed E-state index contributed by atoms with van der Waals surface area (Å²) in [7, 11) is 0. The third-order valence-corrected chi connectivity index (χ3v) is 3.28. The second-order valence-corrected chi connectivity index (χ2v) is 4.61. The number of nitrogens with zero attached hydrogens (tertiary/aromatic N) is 2. The number of thioether (sulfide) groups is 1. The van der Waals surface area contributed by atoms with Crippen molar-refractivity contribution in [1.29, 1.82) is 0 Å². The number of hydrogen-bond donors (Lipinski definition) is 1. The van der Waals surface area contributed by atoms with Crippen molar-refractivity contribution in [2.75, 3.05) is 12.8 Å². The fourth-order valence-electron chi connectivity index (χ4n) is 1.59. The van der Waals surface area contributed by atoms with Gasteiger partial charge in [-0.05, 0) is 43.1 Å². The Morgan fingerprint density at radius 2 is 2.00 bits per heavy atom. The highest BCUT2D eigenvalue weighted by Gasteiger charge is 2.00. The van der Waals surface area contributed by atoms with Gasteiger partial charge in [-0.15, -0.1) is 11.8 Å². The van der Waals surface area contributed by atoms with Gasteiger partial charge in [0.05, 0.1) is 11.4 Å². The molecule has 2 rings (SSSR count). The van der Waals surface area contributed by atoms with Crippen molar-refractivity contribution < 1.29 is 0 Å². The van der Waals surface area contributed by atoms with Crippen LogP contribution in [-0.2, 0) is 6.54 Å². The van der Waals surface area contributed by atoms with E-state index >= 15 is 0 Å². The summed E-state index contributed by atoms with van der Waals surface area (Å²) in [5, 5.41) is 7.79. The number of hydrogen-bond acceptors (Lipinski definition) is 3. The van der Waals surface area contributed by atoms with E-state index in [1.165, 1.54) is 4.90 Å². The van der Waals surface area contributed by atoms with E-state index in [0.29, 0.717) is 0 Å². The molecule has 1 aromatic heterocycles. The molecule has 0 radical (unpaired) electrons. The minimum Gasteiger partial charge on any atom is -0.311 e. The van der Waals surface area contributed by atoms with Crippen LogP contribution in [0.1, 0.15) is 12.6 Å². The zero-order valence-electron chi connectivity index (χ0n) is 10.2. The summed E-state index contributed by atoms with van der Waals surface area (Å²) in [5.74, 6) is 0. The number of benzene rings is 1. The molecule has 0 saturated carbocycles. The molecule has 0 fully saturated rings. The molecule has 0 atom stereocenters. The fraction of sp³-hybridized carbons (Fsp3) is 0.308. The minimum absolute atomic E-state index is 0.826. The topological polar surface area (TPSA) is 29.9 Å². The van der Waals surface area contributed by atoms with Gasteiger partial charge in [-0.1, -0.05) is 6.92 Å². The monoisotopic (exact) mass is 247 g/mol. The molecular weight excluding hydrogens is 230 g/mol. The second-order valence-electron chi connectivity index (χ2n) is 3.73. The summed E-state index contributed by atoms with van der Waals surface area (Å²) in [6.45, 7) is 3.89. The Bertz CT molecular complexity index is 462. The van der Waals surface area contributed by atoms with Crippen LogP contribution in [0.25, 0.3) is 5.69 Å². The third kappa shape index (κ3) is 3.11. The number of rotatable bonds is 5. The Balaban J connectivity index is 2.12. The highest BCUT2D eigenvalue weighted by molar-refractivity contribution is 7.98. The minimum atomic E-state index is 0.826. The molecule has 3 nitrogen and oxygen atoms in total. The Hall–Kier alpha value is -1.26. The summed E-state index contributed by atoms with van der Waals surface area (Å²) < 4.78 is 1.91. The molecule has 0 saturated heterocycles. The molecule has 0 amide bonds. The van der Waals surface area contributed by atoms with Crippen LogP contribution in [0.4, 0.5) is 0 Å². The molecule has 0 aliphatic rings. The molecule has 4 heteroatoms. The summed E-state index contributed by atoms with van der Waals surface area (Å²) in [6, 6.07) is 10.5. The van der Waals surface area contributed by atoms with E-state index in [2.05, 4.69) is 47.9 Å². The first kappa shape index (κ1) is 12.2. The van der Waals surface area contributed by atoms with Gasteiger partial charge in [-0.25, -0.2) is 4.68 Å². The molecule has 0 bridgehead atoms. The van der Waals surface area contributed by atoms with Crippen LogP contribution in [0, 0.1) is 0 Å². The Kier molecular flexibility index (Phi) is 4.23. The molecule has 17 heavy (non-hydrogen) atoms. The molecule has 0 aliphatic carbocycles. The van der Waals surface area contributed by atoms with Crippen LogP contribution < -0.4 is 5.32 Å². The average molecular weight is 247 g/mol. The predicted octanol–water partition coefficient (Wildman–Crippen LogP) is 2.70. The van der Waals surface area contributed by atoms with Gasteiger partial charge in [-0.3, -0.25) is 0 Å². The Morgan fingerprint density at radius 3 is 2.65 bits per heavy atom. The average Bonchev–Trinajstić information content (AvgIpc) is 2.85. The van der Waals surface area contributed by atoms with Crippen LogP contribution in [0.2, 0.25) is 0 Å². The first-order chi connectivity index (χ1) is 8.33. The molecule has 0 spiro atoms. The lowest BCUT2D eigenvalue weighted by molar-refractivity contribution is 0.696. The maximum atomic E-state index is 4.52. The van der Waals surface area contributed by atoms with E-state index < -0.39 is 0 Å². The van der Waals surface area contributed by atoms with Crippen LogP contribution >= 0.6 is 11.8 Å². The van der Waals surface area contributed by atoms with Gasteiger partial charge < -0.3 is 5.32 Å². The van der Waals surface area contributed by atoms with E-state index in [-0.39, 0.29) is 0 Å². The number of nitrogens with one attached hydrogen (secondary N) is 1. The summed E-state index contributed by atoms with van der Waals surface area (Å²) >= 11 is 1.75. The van der Waals surface area contributed by atoms with E-state index in [1.54, 1.807) is 11.8 Å². The van der Waals surface area contributed by atoms with E-state index in [1.807, 2.05) is 16.9 Å². The summed E-state index contributed by atoms with van der Waals surface area (Å²) in [4.78, 5) is 1.27. The molecule has 1 aromatic carbocycles. The molecule has 90 valence electrons. The highest BCUT2D eigenvalue weighted by Crippen LogP contribution is 2.16. The lowest BCUT2D eigenvalue weighted by atomic mass is 10.3. The maximum absolute atomic E-state index is 4.52. The summed E-state index contributed by atoms with van der Waals surface area (Å²) in [6.07, 6.45) is 4.08. The lowest BCUT2D eigenvalue weighted by Gasteiger charge is -2.02. The SMILES string of the molecule is CCNCc1ccn(-c2ccc(SC)cc2)n1. The van der Waals surface area contributed by atoms with Gasteiger partial charge in [0.1, 0.15) is 0 Å². The van der Waals surface area contributed by atoms with Gasteiger partial charge >= 0.3 is 0 Å². The first-order valence-corrected chi connectivity index (χ1v) is 6.95. The molecule has 1 heterocycles. The highest BCUT2D eigenvalue weighted by atomic mass is 32.2. The van der Waals surface area contributed by atoms with Crippen molar-refractivity contribution in [2.24, 2.45) is 0 Å². The van der Waals surface area contributed by atoms with E-state index in [4.69, 9.17) is 0 Å². The lowest BCUT2D eigenvalue weighted by Crippen LogP contribution is -2.12.